The van der Waals surface area contributed by atoms with Crippen LogP contribution in [0.2, 0.25) is 0 Å². The van der Waals surface area contributed by atoms with Crippen molar-refractivity contribution in [3.8, 4) is 0 Å². The third kappa shape index (κ3) is 2.88. The molecule has 0 fully saturated rings. The van der Waals surface area contributed by atoms with E-state index in [4.69, 9.17) is 0 Å². The van der Waals surface area contributed by atoms with E-state index in [0.29, 0.717) is 0 Å². The summed E-state index contributed by atoms with van der Waals surface area (Å²) in [6, 6.07) is 12.0. The maximum atomic E-state index is 12.5. The molecular weight excluding hydrogens is 244 g/mol. The van der Waals surface area contributed by atoms with Crippen LogP contribution in [-0.4, -0.2) is 5.78 Å². The molecule has 0 aromatic heterocycles. The molecule has 0 aliphatic rings. The topological polar surface area (TPSA) is 17.1 Å². The lowest BCUT2D eigenvalue weighted by Gasteiger charge is -2.12. The number of benzene rings is 2. The highest BCUT2D eigenvalue weighted by atomic mass is 16.1. The Morgan fingerprint density at radius 1 is 0.900 bits per heavy atom. The van der Waals surface area contributed by atoms with Gasteiger partial charge in [0.05, 0.1) is 0 Å². The van der Waals surface area contributed by atoms with Crippen LogP contribution in [0.15, 0.2) is 42.5 Å². The zero-order valence-electron chi connectivity index (χ0n) is 12.5. The number of carbonyl (C=O) groups is 1. The zero-order chi connectivity index (χ0) is 14.7. The monoisotopic (exact) mass is 264 g/mol. The summed E-state index contributed by atoms with van der Waals surface area (Å²) in [5, 5.41) is 0. The lowest BCUT2D eigenvalue weighted by molar-refractivity contribution is 0.104. The molecule has 0 aliphatic carbocycles. The minimum atomic E-state index is 0.0793. The van der Waals surface area contributed by atoms with Gasteiger partial charge in [-0.3, -0.25) is 4.79 Å². The van der Waals surface area contributed by atoms with Crippen LogP contribution in [0, 0.1) is 27.7 Å². The Hall–Kier alpha value is -2.15. The van der Waals surface area contributed by atoms with E-state index < -0.39 is 0 Å². The second-order valence-corrected chi connectivity index (χ2v) is 5.24. The van der Waals surface area contributed by atoms with E-state index in [9.17, 15) is 4.79 Å². The number of hydrogen-bond donors (Lipinski definition) is 0. The van der Waals surface area contributed by atoms with Crippen molar-refractivity contribution in [3.05, 3.63) is 75.9 Å². The van der Waals surface area contributed by atoms with E-state index in [1.54, 1.807) is 6.08 Å². The predicted molar refractivity (Wildman–Crippen MR) is 85.2 cm³/mol. The fourth-order valence-electron chi connectivity index (χ4n) is 2.41. The smallest absolute Gasteiger partial charge is 0.186 e. The van der Waals surface area contributed by atoms with Crippen molar-refractivity contribution in [2.75, 3.05) is 0 Å². The first-order valence-electron chi connectivity index (χ1n) is 6.85. The van der Waals surface area contributed by atoms with E-state index in [1.165, 1.54) is 11.1 Å². The van der Waals surface area contributed by atoms with Gasteiger partial charge in [0.2, 0.25) is 0 Å². The van der Waals surface area contributed by atoms with Crippen LogP contribution >= 0.6 is 0 Å². The van der Waals surface area contributed by atoms with E-state index in [-0.39, 0.29) is 5.78 Å². The molecule has 0 unspecified atom stereocenters. The number of aryl methyl sites for hydroxylation is 2. The molecule has 20 heavy (non-hydrogen) atoms. The summed E-state index contributed by atoms with van der Waals surface area (Å²) in [6.45, 7) is 8.15. The zero-order valence-corrected chi connectivity index (χ0v) is 12.5. The second kappa shape index (κ2) is 5.87. The molecule has 0 amide bonds. The van der Waals surface area contributed by atoms with Crippen molar-refractivity contribution in [1.82, 2.24) is 0 Å². The third-order valence-electron chi connectivity index (χ3n) is 3.84. The number of hydrogen-bond acceptors (Lipinski definition) is 1. The van der Waals surface area contributed by atoms with Gasteiger partial charge in [-0.2, -0.15) is 0 Å². The average molecular weight is 264 g/mol. The van der Waals surface area contributed by atoms with Crippen LogP contribution in [0.5, 0.6) is 0 Å². The average Bonchev–Trinajstić information content (AvgIpc) is 2.44. The molecule has 1 nitrogen and oxygen atoms in total. The Kier molecular flexibility index (Phi) is 4.19. The van der Waals surface area contributed by atoms with Crippen molar-refractivity contribution >= 4 is 11.9 Å². The van der Waals surface area contributed by atoms with Gasteiger partial charge in [0.15, 0.2) is 5.78 Å². The number of rotatable bonds is 3. The van der Waals surface area contributed by atoms with Gasteiger partial charge in [-0.15, -0.1) is 0 Å². The minimum absolute atomic E-state index is 0.0793. The van der Waals surface area contributed by atoms with Gasteiger partial charge in [0.25, 0.3) is 0 Å². The van der Waals surface area contributed by atoms with Crippen LogP contribution in [0.4, 0.5) is 0 Å². The molecule has 102 valence electrons. The van der Waals surface area contributed by atoms with E-state index in [0.717, 1.165) is 22.3 Å². The quantitative estimate of drug-likeness (QED) is 0.574. The molecule has 0 saturated carbocycles. The molecule has 0 radical (unpaired) electrons. The Labute approximate surface area is 121 Å². The molecule has 0 aliphatic heterocycles. The fraction of sp³-hybridized carbons (Fsp3) is 0.211. The summed E-state index contributed by atoms with van der Waals surface area (Å²) in [5.74, 6) is 0.0793. The van der Waals surface area contributed by atoms with Crippen LogP contribution in [0.25, 0.3) is 6.08 Å². The third-order valence-corrected chi connectivity index (χ3v) is 3.84. The molecule has 0 bridgehead atoms. The van der Waals surface area contributed by atoms with Crippen molar-refractivity contribution in [2.24, 2.45) is 0 Å². The number of ketones is 1. The van der Waals surface area contributed by atoms with Gasteiger partial charge in [-0.25, -0.2) is 0 Å². The highest BCUT2D eigenvalue weighted by Gasteiger charge is 2.13. The first-order chi connectivity index (χ1) is 9.50. The van der Waals surface area contributed by atoms with E-state index >= 15 is 0 Å². The van der Waals surface area contributed by atoms with Crippen molar-refractivity contribution in [3.63, 3.8) is 0 Å². The van der Waals surface area contributed by atoms with Crippen molar-refractivity contribution in [2.45, 2.75) is 27.7 Å². The molecule has 0 atom stereocenters. The van der Waals surface area contributed by atoms with Crippen LogP contribution < -0.4 is 0 Å². The first-order valence-corrected chi connectivity index (χ1v) is 6.85. The van der Waals surface area contributed by atoms with Crippen LogP contribution in [0.3, 0.4) is 0 Å². The normalized spacial score (nSPS) is 11.0. The molecule has 2 rings (SSSR count). The van der Waals surface area contributed by atoms with Gasteiger partial charge in [0.1, 0.15) is 0 Å². The highest BCUT2D eigenvalue weighted by Crippen LogP contribution is 2.22. The van der Waals surface area contributed by atoms with E-state index in [2.05, 4.69) is 19.9 Å². The standard InChI is InChI=1S/C19H20O/c1-13-12-14(2)16(4)19(15(13)3)18(20)11-10-17-8-6-5-7-9-17/h5-12H,1-4H3/b11-10+. The molecule has 2 aromatic carbocycles. The predicted octanol–water partition coefficient (Wildman–Crippen LogP) is 4.82. The van der Waals surface area contributed by atoms with E-state index in [1.807, 2.05) is 50.3 Å². The Morgan fingerprint density at radius 3 is 2.00 bits per heavy atom. The largest absolute Gasteiger partial charge is 0.289 e. The lowest BCUT2D eigenvalue weighted by atomic mass is 9.91. The molecule has 1 heteroatoms. The van der Waals surface area contributed by atoms with Gasteiger partial charge >= 0.3 is 0 Å². The number of carbonyl (C=O) groups excluding carboxylic acids is 1. The summed E-state index contributed by atoms with van der Waals surface area (Å²) in [4.78, 5) is 12.5. The highest BCUT2D eigenvalue weighted by molar-refractivity contribution is 6.09. The molecule has 0 saturated heterocycles. The fourth-order valence-corrected chi connectivity index (χ4v) is 2.41. The van der Waals surface area contributed by atoms with Crippen molar-refractivity contribution in [1.29, 1.82) is 0 Å². The Bertz CT molecular complexity index is 638. The van der Waals surface area contributed by atoms with Gasteiger partial charge in [-0.05, 0) is 61.6 Å². The molecule has 0 spiro atoms. The summed E-state index contributed by atoms with van der Waals surface area (Å²) in [5.41, 5.74) is 6.39. The molecular formula is C19H20O. The summed E-state index contributed by atoms with van der Waals surface area (Å²) in [7, 11) is 0. The molecule has 0 heterocycles. The Balaban J connectivity index is 2.38. The molecule has 2 aromatic rings. The first kappa shape index (κ1) is 14.3. The van der Waals surface area contributed by atoms with Gasteiger partial charge in [-0.1, -0.05) is 42.5 Å². The summed E-state index contributed by atoms with van der Waals surface area (Å²) >= 11 is 0. The maximum Gasteiger partial charge on any atom is 0.186 e. The minimum Gasteiger partial charge on any atom is -0.289 e. The van der Waals surface area contributed by atoms with Crippen molar-refractivity contribution < 1.29 is 4.79 Å². The van der Waals surface area contributed by atoms with Gasteiger partial charge < -0.3 is 0 Å². The summed E-state index contributed by atoms with van der Waals surface area (Å²) in [6.07, 6.45) is 3.54. The van der Waals surface area contributed by atoms with Gasteiger partial charge in [0, 0.05) is 5.56 Å². The number of allylic oxidation sites excluding steroid dienone is 1. The summed E-state index contributed by atoms with van der Waals surface area (Å²) < 4.78 is 0. The van der Waals surface area contributed by atoms with Crippen LogP contribution in [-0.2, 0) is 0 Å². The second-order valence-electron chi connectivity index (χ2n) is 5.24. The lowest BCUT2D eigenvalue weighted by Crippen LogP contribution is -2.05. The molecule has 0 N–H and O–H groups in total. The SMILES string of the molecule is Cc1cc(C)c(C)c(C(=O)/C=C/c2ccccc2)c1C. The maximum absolute atomic E-state index is 12.5. The van der Waals surface area contributed by atoms with Crippen LogP contribution in [0.1, 0.15) is 38.2 Å². The Morgan fingerprint density at radius 2 is 1.45 bits per heavy atom.